The Balaban J connectivity index is 2.29. The number of nitrogens with two attached hydrogens (primary N) is 1. The number of hydrogen-bond acceptors (Lipinski definition) is 5. The van der Waals surface area contributed by atoms with E-state index in [1.807, 2.05) is 13.1 Å². The minimum atomic E-state index is -3.71. The first-order valence-corrected chi connectivity index (χ1v) is 8.17. The van der Waals surface area contributed by atoms with Crippen LogP contribution in [0.4, 0.5) is 5.69 Å². The molecule has 22 heavy (non-hydrogen) atoms. The molecule has 0 saturated heterocycles. The van der Waals surface area contributed by atoms with E-state index in [4.69, 9.17) is 5.73 Å². The van der Waals surface area contributed by atoms with E-state index in [1.165, 1.54) is 22.4 Å². The molecule has 6 nitrogen and oxygen atoms in total. The van der Waals surface area contributed by atoms with Crippen molar-refractivity contribution in [1.29, 1.82) is 0 Å². The molecular weight excluding hydrogens is 300 g/mol. The summed E-state index contributed by atoms with van der Waals surface area (Å²) in [4.78, 5) is 4.03. The second-order valence-electron chi connectivity index (χ2n) is 4.95. The lowest BCUT2D eigenvalue weighted by atomic mass is 10.1. The Hall–Kier alpha value is -2.38. The highest BCUT2D eigenvalue weighted by molar-refractivity contribution is 7.90. The summed E-state index contributed by atoms with van der Waals surface area (Å²) in [6.45, 7) is 0.565. The fourth-order valence-electron chi connectivity index (χ4n) is 2.43. The Morgan fingerprint density at radius 3 is 2.82 bits per heavy atom. The molecule has 0 radical (unpaired) electrons. The summed E-state index contributed by atoms with van der Waals surface area (Å²) in [5.74, 6) is 0. The summed E-state index contributed by atoms with van der Waals surface area (Å²) in [6, 6.07) is 8.40. The predicted molar refractivity (Wildman–Crippen MR) is 85.9 cm³/mol. The first kappa shape index (κ1) is 14.6. The zero-order chi connectivity index (χ0) is 15.7. The molecule has 114 valence electrons. The van der Waals surface area contributed by atoms with E-state index < -0.39 is 10.0 Å². The number of fused-ring (bicyclic) bond motifs is 1. The van der Waals surface area contributed by atoms with Crippen LogP contribution in [-0.2, 0) is 16.6 Å². The van der Waals surface area contributed by atoms with Crippen LogP contribution >= 0.6 is 0 Å². The quantitative estimate of drug-likeness (QED) is 0.713. The van der Waals surface area contributed by atoms with Gasteiger partial charge in [-0.2, -0.15) is 0 Å². The van der Waals surface area contributed by atoms with E-state index >= 15 is 0 Å². The van der Waals surface area contributed by atoms with Gasteiger partial charge in [0.25, 0.3) is 10.0 Å². The van der Waals surface area contributed by atoms with E-state index in [2.05, 4.69) is 10.3 Å². The van der Waals surface area contributed by atoms with Gasteiger partial charge in [-0.15, -0.1) is 0 Å². The van der Waals surface area contributed by atoms with Crippen molar-refractivity contribution in [3.63, 3.8) is 0 Å². The molecule has 3 rings (SSSR count). The topological polar surface area (TPSA) is 90.0 Å². The Morgan fingerprint density at radius 2 is 2.14 bits per heavy atom. The molecule has 0 atom stereocenters. The van der Waals surface area contributed by atoms with Gasteiger partial charge in [0.1, 0.15) is 4.90 Å². The highest BCUT2D eigenvalue weighted by atomic mass is 32.2. The molecule has 0 saturated carbocycles. The average molecular weight is 316 g/mol. The second kappa shape index (κ2) is 5.43. The lowest BCUT2D eigenvalue weighted by Gasteiger charge is -2.07. The Labute approximate surface area is 128 Å². The summed E-state index contributed by atoms with van der Waals surface area (Å²) in [7, 11) is -1.89. The SMILES string of the molecule is CNCc1cn(S(=O)(=O)c2cccnc2)c2cc(N)ccc12. The van der Waals surface area contributed by atoms with Crippen molar-refractivity contribution in [2.24, 2.45) is 0 Å². The maximum Gasteiger partial charge on any atom is 0.269 e. The summed E-state index contributed by atoms with van der Waals surface area (Å²) in [6.07, 6.45) is 4.51. The molecule has 0 aliphatic rings. The molecule has 1 aromatic carbocycles. The predicted octanol–water partition coefficient (Wildman–Crippen LogP) is 1.57. The van der Waals surface area contributed by atoms with Crippen molar-refractivity contribution in [2.45, 2.75) is 11.4 Å². The van der Waals surface area contributed by atoms with Gasteiger partial charge in [-0.1, -0.05) is 6.07 Å². The van der Waals surface area contributed by atoms with Crippen molar-refractivity contribution in [3.8, 4) is 0 Å². The minimum absolute atomic E-state index is 0.144. The summed E-state index contributed by atoms with van der Waals surface area (Å²) >= 11 is 0. The summed E-state index contributed by atoms with van der Waals surface area (Å²) in [5.41, 5.74) is 7.80. The summed E-state index contributed by atoms with van der Waals surface area (Å²) < 4.78 is 26.9. The number of benzene rings is 1. The highest BCUT2D eigenvalue weighted by Gasteiger charge is 2.21. The molecule has 0 unspecified atom stereocenters. The van der Waals surface area contributed by atoms with Crippen molar-refractivity contribution < 1.29 is 8.42 Å². The van der Waals surface area contributed by atoms with Crippen LogP contribution in [0.5, 0.6) is 0 Å². The van der Waals surface area contributed by atoms with Gasteiger partial charge in [0.05, 0.1) is 5.52 Å². The molecule has 0 aliphatic carbocycles. The molecule has 0 bridgehead atoms. The van der Waals surface area contributed by atoms with E-state index in [9.17, 15) is 8.42 Å². The molecule has 0 spiro atoms. The highest BCUT2D eigenvalue weighted by Crippen LogP contribution is 2.27. The maximum absolute atomic E-state index is 12.8. The van der Waals surface area contributed by atoms with Gasteiger partial charge in [0, 0.05) is 36.2 Å². The van der Waals surface area contributed by atoms with Gasteiger partial charge >= 0.3 is 0 Å². The van der Waals surface area contributed by atoms with Crippen LogP contribution in [0.1, 0.15) is 5.56 Å². The number of nitrogen functional groups attached to an aromatic ring is 1. The molecule has 3 N–H and O–H groups in total. The third-order valence-electron chi connectivity index (χ3n) is 3.44. The zero-order valence-electron chi connectivity index (χ0n) is 12.0. The van der Waals surface area contributed by atoms with E-state index in [-0.39, 0.29) is 4.90 Å². The van der Waals surface area contributed by atoms with Crippen molar-refractivity contribution >= 4 is 26.6 Å². The van der Waals surface area contributed by atoms with Crippen LogP contribution in [0, 0.1) is 0 Å². The fourth-order valence-corrected chi connectivity index (χ4v) is 3.77. The first-order chi connectivity index (χ1) is 10.5. The van der Waals surface area contributed by atoms with Crippen molar-refractivity contribution in [3.05, 3.63) is 54.5 Å². The third-order valence-corrected chi connectivity index (χ3v) is 5.09. The number of aromatic nitrogens is 2. The number of anilines is 1. The van der Waals surface area contributed by atoms with Gasteiger partial charge in [-0.3, -0.25) is 4.98 Å². The van der Waals surface area contributed by atoms with Crippen LogP contribution in [-0.4, -0.2) is 24.4 Å². The number of rotatable bonds is 4. The second-order valence-corrected chi connectivity index (χ2v) is 6.77. The van der Waals surface area contributed by atoms with Gasteiger partial charge in [0.2, 0.25) is 0 Å². The van der Waals surface area contributed by atoms with Crippen molar-refractivity contribution in [2.75, 3.05) is 12.8 Å². The van der Waals surface area contributed by atoms with Crippen LogP contribution in [0.2, 0.25) is 0 Å². The van der Waals surface area contributed by atoms with Gasteiger partial charge < -0.3 is 11.1 Å². The molecule has 2 heterocycles. The first-order valence-electron chi connectivity index (χ1n) is 6.73. The number of pyridine rings is 1. The van der Waals surface area contributed by atoms with Crippen LogP contribution in [0.3, 0.4) is 0 Å². The lowest BCUT2D eigenvalue weighted by molar-refractivity contribution is 0.588. The zero-order valence-corrected chi connectivity index (χ0v) is 12.8. The fraction of sp³-hybridized carbons (Fsp3) is 0.133. The van der Waals surface area contributed by atoms with Crippen LogP contribution in [0.15, 0.2) is 53.8 Å². The monoisotopic (exact) mass is 316 g/mol. The Bertz CT molecular complexity index is 917. The van der Waals surface area contributed by atoms with Gasteiger partial charge in [0.15, 0.2) is 0 Å². The molecule has 2 aromatic heterocycles. The number of nitrogens with one attached hydrogen (secondary N) is 1. The minimum Gasteiger partial charge on any atom is -0.399 e. The third kappa shape index (κ3) is 2.34. The molecule has 0 fully saturated rings. The lowest BCUT2D eigenvalue weighted by Crippen LogP contribution is -2.12. The van der Waals surface area contributed by atoms with Gasteiger partial charge in [-0.05, 0) is 36.9 Å². The molecule has 0 aliphatic heterocycles. The van der Waals surface area contributed by atoms with E-state index in [0.29, 0.717) is 17.7 Å². The Kier molecular flexibility index (Phi) is 3.59. The van der Waals surface area contributed by atoms with Gasteiger partial charge in [-0.25, -0.2) is 12.4 Å². The van der Waals surface area contributed by atoms with E-state index in [1.54, 1.807) is 24.4 Å². The standard InChI is InChI=1S/C15H16N4O2S/c1-17-8-11-10-19(15-7-12(16)4-5-14(11)15)22(20,21)13-3-2-6-18-9-13/h2-7,9-10,17H,8,16H2,1H3. The van der Waals surface area contributed by atoms with Crippen molar-refractivity contribution in [1.82, 2.24) is 14.3 Å². The molecule has 0 amide bonds. The maximum atomic E-state index is 12.8. The summed E-state index contributed by atoms with van der Waals surface area (Å²) in [5, 5.41) is 3.90. The van der Waals surface area contributed by atoms with Crippen LogP contribution < -0.4 is 11.1 Å². The molecular formula is C15H16N4O2S. The molecule has 7 heteroatoms. The smallest absolute Gasteiger partial charge is 0.269 e. The Morgan fingerprint density at radius 1 is 1.32 bits per heavy atom. The number of hydrogen-bond donors (Lipinski definition) is 2. The normalized spacial score (nSPS) is 11.9. The average Bonchev–Trinajstić information content (AvgIpc) is 2.87. The van der Waals surface area contributed by atoms with E-state index in [0.717, 1.165) is 10.9 Å². The van der Waals surface area contributed by atoms with Crippen LogP contribution in [0.25, 0.3) is 10.9 Å². The molecule has 3 aromatic rings. The number of nitrogens with zero attached hydrogens (tertiary/aromatic N) is 2. The largest absolute Gasteiger partial charge is 0.399 e.